The maximum Gasteiger partial charge on any atom is 0.208 e. The second-order valence-corrected chi connectivity index (χ2v) is 9.72. The Morgan fingerprint density at radius 3 is 1.78 bits per heavy atom. The van der Waals surface area contributed by atoms with Crippen LogP contribution in [-0.4, -0.2) is 151 Å². The van der Waals surface area contributed by atoms with Crippen molar-refractivity contribution < 1.29 is 74.4 Å². The molecule has 0 aromatic heterocycles. The maximum atomic E-state index is 10.4. The van der Waals surface area contributed by atoms with Crippen LogP contribution in [0, 0.1) is 11.8 Å². The molecule has 36 heavy (non-hydrogen) atoms. The lowest BCUT2D eigenvalue weighted by atomic mass is 9.85. The fraction of sp³-hybridized carbons (Fsp3) is 0.905. The molecule has 4 fully saturated rings. The van der Waals surface area contributed by atoms with Crippen LogP contribution in [0.2, 0.25) is 0 Å². The van der Waals surface area contributed by atoms with Crippen LogP contribution in [0.25, 0.3) is 0 Å². The van der Waals surface area contributed by atoms with Crippen molar-refractivity contribution in [2.24, 2.45) is 11.8 Å². The van der Waals surface area contributed by atoms with Crippen molar-refractivity contribution >= 4 is 0 Å². The summed E-state index contributed by atoms with van der Waals surface area (Å²) in [6, 6.07) is 0. The van der Waals surface area contributed by atoms with E-state index in [2.05, 4.69) is 0 Å². The van der Waals surface area contributed by atoms with Crippen LogP contribution in [0.15, 0.2) is 12.3 Å². The van der Waals surface area contributed by atoms with E-state index in [0.717, 1.165) is 0 Å². The first kappa shape index (κ1) is 26.6. The Morgan fingerprint density at radius 2 is 1.25 bits per heavy atom. The summed E-state index contributed by atoms with van der Waals surface area (Å²) in [4.78, 5) is 0. The Bertz CT molecular complexity index is 810. The molecule has 0 bridgehead atoms. The van der Waals surface area contributed by atoms with Crippen LogP contribution in [0.5, 0.6) is 0 Å². The van der Waals surface area contributed by atoms with Gasteiger partial charge in [-0.3, -0.25) is 0 Å². The summed E-state index contributed by atoms with van der Waals surface area (Å²) >= 11 is 0. The SMILES string of the molecule is OC[C@H]1O[C@@H](O[C@@H]2OC=C[C@H]3[C@H](O[C@@H]4O[C@H](CO)[C@@H](O)[C@H](O)[C@H]4O)[C@@H]4O[C@]4(CO)[C@@H]23)[C@H](O)[C@@H](O)[C@@H]1O. The Kier molecular flexibility index (Phi) is 7.34. The number of hydrogen-bond donors (Lipinski definition) is 9. The summed E-state index contributed by atoms with van der Waals surface area (Å²) < 4.78 is 34.0. The van der Waals surface area contributed by atoms with Gasteiger partial charge in [0.15, 0.2) is 12.6 Å². The molecule has 15 heteroatoms. The average Bonchev–Trinajstić information content (AvgIpc) is 3.56. The molecule has 3 saturated heterocycles. The molecule has 16 atom stereocenters. The lowest BCUT2D eigenvalue weighted by molar-refractivity contribution is -0.347. The molecule has 0 aromatic rings. The van der Waals surface area contributed by atoms with Gasteiger partial charge in [0.2, 0.25) is 6.29 Å². The molecule has 0 amide bonds. The summed E-state index contributed by atoms with van der Waals surface area (Å²) in [5.74, 6) is -1.29. The molecule has 5 aliphatic rings. The van der Waals surface area contributed by atoms with Crippen molar-refractivity contribution in [1.29, 1.82) is 0 Å². The van der Waals surface area contributed by atoms with Gasteiger partial charge in [0.25, 0.3) is 0 Å². The van der Waals surface area contributed by atoms with E-state index in [0.29, 0.717) is 0 Å². The molecule has 1 aliphatic carbocycles. The molecule has 4 aliphatic heterocycles. The van der Waals surface area contributed by atoms with E-state index in [4.69, 9.17) is 28.4 Å². The van der Waals surface area contributed by atoms with E-state index < -0.39 is 117 Å². The first-order valence-corrected chi connectivity index (χ1v) is 11.7. The number of hydrogen-bond acceptors (Lipinski definition) is 15. The van der Waals surface area contributed by atoms with Gasteiger partial charge in [0.1, 0.15) is 60.5 Å². The number of aliphatic hydroxyl groups is 9. The quantitative estimate of drug-likeness (QED) is 0.141. The topological polar surface area (TPSA) is 241 Å². The number of rotatable bonds is 7. The molecule has 15 nitrogen and oxygen atoms in total. The molecular weight excluding hydrogens is 492 g/mol. The van der Waals surface area contributed by atoms with E-state index in [1.807, 2.05) is 0 Å². The van der Waals surface area contributed by atoms with Gasteiger partial charge < -0.3 is 74.4 Å². The standard InChI is InChI=1S/C21H32O15/c22-3-7-10(25)12(27)14(29)19(32-7)34-16-6-1-2-31-18(9(6)21(5-24)17(16)36-21)35-20-15(30)13(28)11(26)8(4-23)33-20/h1-2,6-20,22-30H,3-5H2/t6-,7-,8-,9-,10-,11-,12+,13+,14-,15-,16+,17+,18+,19+,20+,21-/m1/s1. The van der Waals surface area contributed by atoms with Crippen LogP contribution >= 0.6 is 0 Å². The fourth-order valence-corrected chi connectivity index (χ4v) is 5.64. The number of epoxide rings is 1. The number of ether oxygens (including phenoxy) is 6. The molecule has 5 rings (SSSR count). The Balaban J connectivity index is 1.34. The zero-order valence-electron chi connectivity index (χ0n) is 18.9. The summed E-state index contributed by atoms with van der Waals surface area (Å²) in [7, 11) is 0. The summed E-state index contributed by atoms with van der Waals surface area (Å²) in [6.07, 6.45) is -14.9. The second-order valence-electron chi connectivity index (χ2n) is 9.72. The summed E-state index contributed by atoms with van der Waals surface area (Å²) in [5, 5.41) is 89.9. The highest BCUT2D eigenvalue weighted by molar-refractivity contribution is 5.25. The summed E-state index contributed by atoms with van der Waals surface area (Å²) in [6.45, 7) is -1.76. The molecular formula is C21H32O15. The Morgan fingerprint density at radius 1 is 0.694 bits per heavy atom. The molecule has 0 spiro atoms. The minimum Gasteiger partial charge on any atom is -0.472 e. The molecule has 0 aromatic carbocycles. The fourth-order valence-electron chi connectivity index (χ4n) is 5.64. The van der Waals surface area contributed by atoms with Crippen molar-refractivity contribution in [3.63, 3.8) is 0 Å². The van der Waals surface area contributed by atoms with Crippen molar-refractivity contribution in [1.82, 2.24) is 0 Å². The molecule has 1 saturated carbocycles. The van der Waals surface area contributed by atoms with Crippen LogP contribution in [0.3, 0.4) is 0 Å². The first-order valence-electron chi connectivity index (χ1n) is 11.7. The Labute approximate surface area is 204 Å². The monoisotopic (exact) mass is 524 g/mol. The maximum absolute atomic E-state index is 10.4. The number of fused-ring (bicyclic) bond motifs is 3. The van der Waals surface area contributed by atoms with E-state index >= 15 is 0 Å². The molecule has 0 unspecified atom stereocenters. The third kappa shape index (κ3) is 4.07. The normalized spacial score (nSPS) is 56.1. The summed E-state index contributed by atoms with van der Waals surface area (Å²) in [5.41, 5.74) is -1.20. The highest BCUT2D eigenvalue weighted by Gasteiger charge is 2.77. The second kappa shape index (κ2) is 9.94. The van der Waals surface area contributed by atoms with Gasteiger partial charge in [0, 0.05) is 5.92 Å². The average molecular weight is 524 g/mol. The van der Waals surface area contributed by atoms with Crippen molar-refractivity contribution in [3.8, 4) is 0 Å². The van der Waals surface area contributed by atoms with Gasteiger partial charge in [-0.05, 0) is 6.08 Å². The van der Waals surface area contributed by atoms with Gasteiger partial charge in [-0.2, -0.15) is 0 Å². The van der Waals surface area contributed by atoms with Crippen molar-refractivity contribution in [2.75, 3.05) is 19.8 Å². The van der Waals surface area contributed by atoms with Gasteiger partial charge in [-0.1, -0.05) is 0 Å². The predicted octanol–water partition coefficient (Wildman–Crippen LogP) is -5.77. The molecule has 0 radical (unpaired) electrons. The van der Waals surface area contributed by atoms with Gasteiger partial charge >= 0.3 is 0 Å². The lowest BCUT2D eigenvalue weighted by Gasteiger charge is -2.44. The lowest BCUT2D eigenvalue weighted by Crippen LogP contribution is -2.61. The van der Waals surface area contributed by atoms with E-state index in [9.17, 15) is 46.0 Å². The zero-order chi connectivity index (χ0) is 25.9. The highest BCUT2D eigenvalue weighted by Crippen LogP contribution is 2.61. The van der Waals surface area contributed by atoms with E-state index in [1.54, 1.807) is 6.08 Å². The predicted molar refractivity (Wildman–Crippen MR) is 109 cm³/mol. The molecule has 206 valence electrons. The van der Waals surface area contributed by atoms with Crippen LogP contribution < -0.4 is 0 Å². The third-order valence-electron chi connectivity index (χ3n) is 7.74. The minimum atomic E-state index is -1.68. The first-order chi connectivity index (χ1) is 17.2. The van der Waals surface area contributed by atoms with E-state index in [1.165, 1.54) is 6.26 Å². The van der Waals surface area contributed by atoms with Crippen molar-refractivity contribution in [2.45, 2.75) is 85.5 Å². The minimum absolute atomic E-state index is 0.473. The molecule has 9 N–H and O–H groups in total. The van der Waals surface area contributed by atoms with E-state index in [-0.39, 0.29) is 0 Å². The smallest absolute Gasteiger partial charge is 0.208 e. The van der Waals surface area contributed by atoms with Crippen LogP contribution in [0.1, 0.15) is 0 Å². The third-order valence-corrected chi connectivity index (χ3v) is 7.74. The van der Waals surface area contributed by atoms with Crippen LogP contribution in [-0.2, 0) is 28.4 Å². The Hall–Kier alpha value is -1.02. The van der Waals surface area contributed by atoms with Gasteiger partial charge in [0.05, 0.1) is 38.1 Å². The molecule has 4 heterocycles. The zero-order valence-corrected chi connectivity index (χ0v) is 18.9. The largest absolute Gasteiger partial charge is 0.472 e. The highest BCUT2D eigenvalue weighted by atomic mass is 16.8. The van der Waals surface area contributed by atoms with Gasteiger partial charge in [-0.25, -0.2) is 0 Å². The van der Waals surface area contributed by atoms with Gasteiger partial charge in [-0.15, -0.1) is 0 Å². The number of aliphatic hydroxyl groups excluding tert-OH is 9. The van der Waals surface area contributed by atoms with Crippen molar-refractivity contribution in [3.05, 3.63) is 12.3 Å². The van der Waals surface area contributed by atoms with Crippen LogP contribution in [0.4, 0.5) is 0 Å².